The van der Waals surface area contributed by atoms with Crippen molar-refractivity contribution < 1.29 is 17.9 Å². The number of aliphatic hydroxyl groups excluding tert-OH is 1. The molecule has 1 heterocycles. The smallest absolute Gasteiger partial charge is 0.274 e. The largest absolute Gasteiger partial charge is 0.447 e. The molecule has 0 atom stereocenters. The summed E-state index contributed by atoms with van der Waals surface area (Å²) in [6.45, 7) is 3.24. The standard InChI is InChI=1S/C12H20N2O4S/c1-2-7-13-8-10-3-4-11(18-10)19(16,17)14-12(9-15)5-6-12/h3-4,13-15H,2,5-9H2,1H3. The third-order valence-corrected chi connectivity index (χ3v) is 4.59. The molecule has 6 nitrogen and oxygen atoms in total. The van der Waals surface area contributed by atoms with E-state index >= 15 is 0 Å². The van der Waals surface area contributed by atoms with Crippen LogP contribution in [0.25, 0.3) is 0 Å². The molecular formula is C12H20N2O4S. The summed E-state index contributed by atoms with van der Waals surface area (Å²) in [5, 5.41) is 12.2. The van der Waals surface area contributed by atoms with E-state index in [0.29, 0.717) is 25.1 Å². The predicted molar refractivity (Wildman–Crippen MR) is 70.1 cm³/mol. The van der Waals surface area contributed by atoms with Gasteiger partial charge in [-0.05, 0) is 37.9 Å². The molecule has 1 aliphatic carbocycles. The molecule has 0 aromatic carbocycles. The quantitative estimate of drug-likeness (QED) is 0.609. The van der Waals surface area contributed by atoms with Crippen molar-refractivity contribution in [1.29, 1.82) is 0 Å². The van der Waals surface area contributed by atoms with Gasteiger partial charge in [-0.1, -0.05) is 6.92 Å². The van der Waals surface area contributed by atoms with Gasteiger partial charge in [0, 0.05) is 0 Å². The first-order valence-corrected chi connectivity index (χ1v) is 7.94. The van der Waals surface area contributed by atoms with Gasteiger partial charge in [0.2, 0.25) is 5.09 Å². The monoisotopic (exact) mass is 288 g/mol. The molecule has 19 heavy (non-hydrogen) atoms. The van der Waals surface area contributed by atoms with Crippen LogP contribution in [-0.4, -0.2) is 32.2 Å². The Morgan fingerprint density at radius 1 is 1.42 bits per heavy atom. The highest BCUT2D eigenvalue weighted by molar-refractivity contribution is 7.89. The Bertz CT molecular complexity index is 520. The van der Waals surface area contributed by atoms with E-state index in [-0.39, 0.29) is 11.7 Å². The normalized spacial score (nSPS) is 17.6. The lowest BCUT2D eigenvalue weighted by Gasteiger charge is -2.12. The van der Waals surface area contributed by atoms with Crippen LogP contribution in [0.5, 0.6) is 0 Å². The Kier molecular flexibility index (Phi) is 4.29. The average Bonchev–Trinajstić information content (AvgIpc) is 2.96. The molecule has 0 bridgehead atoms. The number of rotatable bonds is 8. The highest BCUT2D eigenvalue weighted by Crippen LogP contribution is 2.36. The van der Waals surface area contributed by atoms with Crippen molar-refractivity contribution in [2.75, 3.05) is 13.2 Å². The van der Waals surface area contributed by atoms with Gasteiger partial charge in [-0.3, -0.25) is 0 Å². The van der Waals surface area contributed by atoms with Crippen LogP contribution < -0.4 is 10.0 Å². The first-order valence-electron chi connectivity index (χ1n) is 6.46. The second-order valence-electron chi connectivity index (χ2n) is 4.94. The molecular weight excluding hydrogens is 268 g/mol. The molecule has 0 unspecified atom stereocenters. The molecule has 0 amide bonds. The van der Waals surface area contributed by atoms with Crippen LogP contribution in [-0.2, 0) is 16.6 Å². The molecule has 1 aromatic rings. The van der Waals surface area contributed by atoms with Gasteiger partial charge < -0.3 is 14.8 Å². The van der Waals surface area contributed by atoms with Gasteiger partial charge in [-0.2, -0.15) is 0 Å². The second-order valence-corrected chi connectivity index (χ2v) is 6.55. The Balaban J connectivity index is 2.00. The van der Waals surface area contributed by atoms with Gasteiger partial charge in [0.05, 0.1) is 18.7 Å². The second kappa shape index (κ2) is 5.62. The highest BCUT2D eigenvalue weighted by Gasteiger charge is 2.46. The lowest BCUT2D eigenvalue weighted by atomic mass is 10.3. The van der Waals surface area contributed by atoms with E-state index in [2.05, 4.69) is 17.0 Å². The molecule has 1 aliphatic rings. The number of furan rings is 1. The predicted octanol–water partition coefficient (Wildman–Crippen LogP) is 0.582. The maximum Gasteiger partial charge on any atom is 0.274 e. The maximum absolute atomic E-state index is 12.1. The fourth-order valence-electron chi connectivity index (χ4n) is 1.76. The molecule has 7 heteroatoms. The first kappa shape index (κ1) is 14.5. The summed E-state index contributed by atoms with van der Waals surface area (Å²) in [6, 6.07) is 3.09. The minimum atomic E-state index is -3.68. The minimum Gasteiger partial charge on any atom is -0.447 e. The van der Waals surface area contributed by atoms with Crippen molar-refractivity contribution in [2.24, 2.45) is 0 Å². The molecule has 2 rings (SSSR count). The van der Waals surface area contributed by atoms with E-state index in [1.165, 1.54) is 6.07 Å². The molecule has 3 N–H and O–H groups in total. The van der Waals surface area contributed by atoms with Crippen molar-refractivity contribution in [2.45, 2.75) is 43.4 Å². The number of aliphatic hydroxyl groups is 1. The molecule has 1 fully saturated rings. The summed E-state index contributed by atoms with van der Waals surface area (Å²) in [5.41, 5.74) is -0.674. The summed E-state index contributed by atoms with van der Waals surface area (Å²) in [6.07, 6.45) is 2.33. The van der Waals surface area contributed by atoms with E-state index in [1.54, 1.807) is 6.07 Å². The van der Waals surface area contributed by atoms with E-state index in [4.69, 9.17) is 9.52 Å². The zero-order valence-electron chi connectivity index (χ0n) is 11.0. The topological polar surface area (TPSA) is 91.6 Å². The molecule has 0 aliphatic heterocycles. The fourth-order valence-corrected chi connectivity index (χ4v) is 3.17. The molecule has 0 spiro atoms. The summed E-state index contributed by atoms with van der Waals surface area (Å²) in [4.78, 5) is 0. The van der Waals surface area contributed by atoms with Gasteiger partial charge in [0.1, 0.15) is 5.76 Å². The zero-order chi connectivity index (χ0) is 13.9. The maximum atomic E-state index is 12.1. The zero-order valence-corrected chi connectivity index (χ0v) is 11.8. The van der Waals surface area contributed by atoms with Crippen molar-refractivity contribution in [3.8, 4) is 0 Å². The number of hydrogen-bond donors (Lipinski definition) is 3. The Labute approximate surface area is 113 Å². The average molecular weight is 288 g/mol. The summed E-state index contributed by atoms with van der Waals surface area (Å²) in [5.74, 6) is 0.586. The Morgan fingerprint density at radius 2 is 2.16 bits per heavy atom. The lowest BCUT2D eigenvalue weighted by Crippen LogP contribution is -2.39. The van der Waals surface area contributed by atoms with E-state index in [9.17, 15) is 8.42 Å². The van der Waals surface area contributed by atoms with Gasteiger partial charge in [0.15, 0.2) is 0 Å². The van der Waals surface area contributed by atoms with Gasteiger partial charge in [-0.15, -0.1) is 0 Å². The van der Waals surface area contributed by atoms with Crippen LogP contribution in [0.4, 0.5) is 0 Å². The van der Waals surface area contributed by atoms with Crippen LogP contribution in [0.3, 0.4) is 0 Å². The molecule has 0 saturated heterocycles. The van der Waals surface area contributed by atoms with Crippen molar-refractivity contribution in [3.63, 3.8) is 0 Å². The minimum absolute atomic E-state index is 0.0967. The summed E-state index contributed by atoms with van der Waals surface area (Å²) >= 11 is 0. The van der Waals surface area contributed by atoms with E-state index in [0.717, 1.165) is 13.0 Å². The van der Waals surface area contributed by atoms with Crippen LogP contribution in [0.1, 0.15) is 31.9 Å². The fraction of sp³-hybridized carbons (Fsp3) is 0.667. The van der Waals surface area contributed by atoms with Crippen molar-refractivity contribution >= 4 is 10.0 Å². The first-order chi connectivity index (χ1) is 9.01. The number of sulfonamides is 1. The number of nitrogens with one attached hydrogen (secondary N) is 2. The third kappa shape index (κ3) is 3.56. The van der Waals surface area contributed by atoms with Crippen LogP contribution in [0, 0.1) is 0 Å². The van der Waals surface area contributed by atoms with Crippen LogP contribution in [0.2, 0.25) is 0 Å². The summed E-state index contributed by atoms with van der Waals surface area (Å²) < 4.78 is 31.9. The van der Waals surface area contributed by atoms with E-state index in [1.807, 2.05) is 0 Å². The molecule has 108 valence electrons. The van der Waals surface area contributed by atoms with Gasteiger partial charge in [-0.25, -0.2) is 13.1 Å². The highest BCUT2D eigenvalue weighted by atomic mass is 32.2. The van der Waals surface area contributed by atoms with E-state index < -0.39 is 15.6 Å². The molecule has 0 radical (unpaired) electrons. The van der Waals surface area contributed by atoms with Crippen LogP contribution >= 0.6 is 0 Å². The molecule has 1 saturated carbocycles. The summed E-state index contributed by atoms with van der Waals surface area (Å²) in [7, 11) is -3.68. The third-order valence-electron chi connectivity index (χ3n) is 3.13. The van der Waals surface area contributed by atoms with Gasteiger partial charge in [0.25, 0.3) is 10.0 Å². The SMILES string of the molecule is CCCNCc1ccc(S(=O)(=O)NC2(CO)CC2)o1. The van der Waals surface area contributed by atoms with Crippen LogP contribution in [0.15, 0.2) is 21.6 Å². The molecule has 1 aromatic heterocycles. The van der Waals surface area contributed by atoms with Gasteiger partial charge >= 0.3 is 0 Å². The Hall–Kier alpha value is -0.890. The Morgan fingerprint density at radius 3 is 2.74 bits per heavy atom. The van der Waals surface area contributed by atoms with Crippen molar-refractivity contribution in [1.82, 2.24) is 10.0 Å². The number of hydrogen-bond acceptors (Lipinski definition) is 5. The van der Waals surface area contributed by atoms with Crippen molar-refractivity contribution in [3.05, 3.63) is 17.9 Å². The lowest BCUT2D eigenvalue weighted by molar-refractivity contribution is 0.245.